The summed E-state index contributed by atoms with van der Waals surface area (Å²) in [6.45, 7) is 0.478. The number of rotatable bonds is 3. The predicted molar refractivity (Wildman–Crippen MR) is 76.0 cm³/mol. The Morgan fingerprint density at radius 3 is 2.50 bits per heavy atom. The summed E-state index contributed by atoms with van der Waals surface area (Å²) in [5.74, 6) is -0.746. The standard InChI is InChI=1S/C16H13FN2O/c17-13-7-5-11(6-8-13)10-19-14-4-2-1-3-12(14)9-15(19)16(18)20/h1-9H,10H2,(H2,18,20). The largest absolute Gasteiger partial charge is 0.364 e. The molecule has 20 heavy (non-hydrogen) atoms. The van der Waals surface area contributed by atoms with Gasteiger partial charge in [-0.3, -0.25) is 4.79 Å². The Kier molecular flexibility index (Phi) is 2.99. The van der Waals surface area contributed by atoms with Gasteiger partial charge in [0.25, 0.3) is 5.91 Å². The van der Waals surface area contributed by atoms with Crippen molar-refractivity contribution in [2.75, 3.05) is 0 Å². The first-order valence-corrected chi connectivity index (χ1v) is 6.27. The summed E-state index contributed by atoms with van der Waals surface area (Å²) in [7, 11) is 0. The number of primary amides is 1. The molecule has 100 valence electrons. The van der Waals surface area contributed by atoms with Crippen LogP contribution in [0.1, 0.15) is 16.1 Å². The van der Waals surface area contributed by atoms with Crippen molar-refractivity contribution in [3.05, 3.63) is 71.7 Å². The summed E-state index contributed by atoms with van der Waals surface area (Å²) >= 11 is 0. The zero-order valence-electron chi connectivity index (χ0n) is 10.7. The van der Waals surface area contributed by atoms with E-state index >= 15 is 0 Å². The van der Waals surface area contributed by atoms with Crippen LogP contribution in [0.3, 0.4) is 0 Å². The molecule has 2 N–H and O–H groups in total. The predicted octanol–water partition coefficient (Wildman–Crippen LogP) is 2.93. The number of fused-ring (bicyclic) bond motifs is 1. The Morgan fingerprint density at radius 1 is 1.10 bits per heavy atom. The van der Waals surface area contributed by atoms with Crippen molar-refractivity contribution in [1.82, 2.24) is 4.57 Å². The molecular weight excluding hydrogens is 255 g/mol. The molecule has 0 spiro atoms. The first kappa shape index (κ1) is 12.4. The van der Waals surface area contributed by atoms with Crippen LogP contribution < -0.4 is 5.73 Å². The lowest BCUT2D eigenvalue weighted by molar-refractivity contribution is 0.0992. The van der Waals surface area contributed by atoms with Crippen LogP contribution in [0, 0.1) is 5.82 Å². The molecule has 1 aromatic heterocycles. The first-order valence-electron chi connectivity index (χ1n) is 6.27. The van der Waals surface area contributed by atoms with E-state index in [4.69, 9.17) is 5.73 Å². The maximum Gasteiger partial charge on any atom is 0.265 e. The summed E-state index contributed by atoms with van der Waals surface area (Å²) in [6, 6.07) is 15.7. The van der Waals surface area contributed by atoms with Gasteiger partial charge in [-0.15, -0.1) is 0 Å². The number of carbonyl (C=O) groups is 1. The molecule has 0 aliphatic rings. The highest BCUT2D eigenvalue weighted by atomic mass is 19.1. The second kappa shape index (κ2) is 4.81. The van der Waals surface area contributed by atoms with Gasteiger partial charge in [0, 0.05) is 17.4 Å². The molecule has 0 aliphatic heterocycles. The number of halogens is 1. The van der Waals surface area contributed by atoms with E-state index in [0.717, 1.165) is 16.5 Å². The molecule has 2 aromatic carbocycles. The van der Waals surface area contributed by atoms with E-state index in [0.29, 0.717) is 12.2 Å². The minimum Gasteiger partial charge on any atom is -0.364 e. The number of aromatic nitrogens is 1. The van der Waals surface area contributed by atoms with Gasteiger partial charge < -0.3 is 10.3 Å². The summed E-state index contributed by atoms with van der Waals surface area (Å²) in [4.78, 5) is 11.6. The van der Waals surface area contributed by atoms with Gasteiger partial charge >= 0.3 is 0 Å². The van der Waals surface area contributed by atoms with E-state index < -0.39 is 5.91 Å². The van der Waals surface area contributed by atoms with Crippen LogP contribution in [-0.4, -0.2) is 10.5 Å². The molecule has 0 saturated carbocycles. The van der Waals surface area contributed by atoms with Gasteiger partial charge in [-0.1, -0.05) is 30.3 Å². The highest BCUT2D eigenvalue weighted by Gasteiger charge is 2.12. The number of para-hydroxylation sites is 1. The molecular formula is C16H13FN2O. The molecule has 4 heteroatoms. The summed E-state index contributed by atoms with van der Waals surface area (Å²) in [5.41, 5.74) is 7.74. The lowest BCUT2D eigenvalue weighted by atomic mass is 10.2. The van der Waals surface area contributed by atoms with Crippen LogP contribution in [0.2, 0.25) is 0 Å². The zero-order valence-corrected chi connectivity index (χ0v) is 10.7. The number of benzene rings is 2. The second-order valence-electron chi connectivity index (χ2n) is 4.67. The van der Waals surface area contributed by atoms with E-state index in [1.165, 1.54) is 12.1 Å². The van der Waals surface area contributed by atoms with Crippen LogP contribution in [0.4, 0.5) is 4.39 Å². The Bertz CT molecular complexity index is 775. The lowest BCUT2D eigenvalue weighted by Crippen LogP contribution is -2.17. The number of hydrogen-bond acceptors (Lipinski definition) is 1. The maximum absolute atomic E-state index is 12.9. The highest BCUT2D eigenvalue weighted by molar-refractivity contribution is 5.97. The summed E-state index contributed by atoms with van der Waals surface area (Å²) < 4.78 is 14.8. The Labute approximate surface area is 115 Å². The van der Waals surface area contributed by atoms with Crippen LogP contribution in [0.25, 0.3) is 10.9 Å². The molecule has 0 saturated heterocycles. The van der Waals surface area contributed by atoms with Gasteiger partial charge in [0.1, 0.15) is 11.5 Å². The average molecular weight is 268 g/mol. The zero-order chi connectivity index (χ0) is 14.1. The molecule has 0 atom stereocenters. The molecule has 0 unspecified atom stereocenters. The molecule has 3 nitrogen and oxygen atoms in total. The van der Waals surface area contributed by atoms with Crippen LogP contribution in [-0.2, 0) is 6.54 Å². The van der Waals surface area contributed by atoms with Gasteiger partial charge in [-0.2, -0.15) is 0 Å². The fourth-order valence-corrected chi connectivity index (χ4v) is 2.36. The van der Waals surface area contributed by atoms with Gasteiger partial charge in [0.05, 0.1) is 0 Å². The third-order valence-electron chi connectivity index (χ3n) is 3.32. The number of carbonyl (C=O) groups excluding carboxylic acids is 1. The summed E-state index contributed by atoms with van der Waals surface area (Å²) in [6.07, 6.45) is 0. The van der Waals surface area contributed by atoms with Crippen molar-refractivity contribution >= 4 is 16.8 Å². The van der Waals surface area contributed by atoms with Crippen molar-refractivity contribution < 1.29 is 9.18 Å². The van der Waals surface area contributed by atoms with Crippen LogP contribution in [0.15, 0.2) is 54.6 Å². The highest BCUT2D eigenvalue weighted by Crippen LogP contribution is 2.21. The number of hydrogen-bond donors (Lipinski definition) is 1. The molecule has 1 heterocycles. The lowest BCUT2D eigenvalue weighted by Gasteiger charge is -2.09. The fourth-order valence-electron chi connectivity index (χ4n) is 2.36. The van der Waals surface area contributed by atoms with Gasteiger partial charge in [0.15, 0.2) is 0 Å². The number of amides is 1. The van der Waals surface area contributed by atoms with E-state index in [9.17, 15) is 9.18 Å². The van der Waals surface area contributed by atoms with E-state index in [1.54, 1.807) is 18.2 Å². The van der Waals surface area contributed by atoms with Crippen molar-refractivity contribution in [2.45, 2.75) is 6.54 Å². The maximum atomic E-state index is 12.9. The minimum absolute atomic E-state index is 0.277. The molecule has 3 aromatic rings. The Hall–Kier alpha value is -2.62. The summed E-state index contributed by atoms with van der Waals surface area (Å²) in [5, 5.41) is 0.961. The van der Waals surface area contributed by atoms with Crippen molar-refractivity contribution in [3.8, 4) is 0 Å². The van der Waals surface area contributed by atoms with Gasteiger partial charge in [-0.05, 0) is 29.8 Å². The van der Waals surface area contributed by atoms with E-state index in [-0.39, 0.29) is 5.82 Å². The fraction of sp³-hybridized carbons (Fsp3) is 0.0625. The van der Waals surface area contributed by atoms with Crippen molar-refractivity contribution in [1.29, 1.82) is 0 Å². The quantitative estimate of drug-likeness (QED) is 0.780. The van der Waals surface area contributed by atoms with Gasteiger partial charge in [-0.25, -0.2) is 4.39 Å². The Balaban J connectivity index is 2.11. The molecule has 1 amide bonds. The minimum atomic E-state index is -0.469. The monoisotopic (exact) mass is 268 g/mol. The number of nitrogens with zero attached hydrogens (tertiary/aromatic N) is 1. The smallest absolute Gasteiger partial charge is 0.265 e. The van der Waals surface area contributed by atoms with Crippen molar-refractivity contribution in [2.24, 2.45) is 5.73 Å². The third-order valence-corrected chi connectivity index (χ3v) is 3.32. The van der Waals surface area contributed by atoms with E-state index in [2.05, 4.69) is 0 Å². The third kappa shape index (κ3) is 2.16. The SMILES string of the molecule is NC(=O)c1cc2ccccc2n1Cc1ccc(F)cc1. The second-order valence-corrected chi connectivity index (χ2v) is 4.67. The average Bonchev–Trinajstić information content (AvgIpc) is 2.81. The Morgan fingerprint density at radius 2 is 1.80 bits per heavy atom. The molecule has 3 rings (SSSR count). The molecule has 0 radical (unpaired) electrons. The van der Waals surface area contributed by atoms with Crippen LogP contribution in [0.5, 0.6) is 0 Å². The normalized spacial score (nSPS) is 10.8. The van der Waals surface area contributed by atoms with Gasteiger partial charge in [0.2, 0.25) is 0 Å². The van der Waals surface area contributed by atoms with E-state index in [1.807, 2.05) is 28.8 Å². The molecule has 0 bridgehead atoms. The van der Waals surface area contributed by atoms with Crippen LogP contribution >= 0.6 is 0 Å². The molecule has 0 aliphatic carbocycles. The van der Waals surface area contributed by atoms with Crippen molar-refractivity contribution in [3.63, 3.8) is 0 Å². The first-order chi connectivity index (χ1) is 9.65. The topological polar surface area (TPSA) is 48.0 Å². The molecule has 0 fully saturated rings. The number of nitrogens with two attached hydrogens (primary N) is 1.